The lowest BCUT2D eigenvalue weighted by Crippen LogP contribution is -2.19. The Labute approximate surface area is 165 Å². The summed E-state index contributed by atoms with van der Waals surface area (Å²) in [7, 11) is 0. The van der Waals surface area contributed by atoms with Gasteiger partial charge in [-0.15, -0.1) is 10.2 Å². The summed E-state index contributed by atoms with van der Waals surface area (Å²) >= 11 is 4.50. The number of carbonyl (C=O) groups is 1. The zero-order valence-electron chi connectivity index (χ0n) is 14.7. The molecule has 26 heavy (non-hydrogen) atoms. The Hall–Kier alpha value is -1.83. The molecular formula is C19H19N3OS3. The van der Waals surface area contributed by atoms with Gasteiger partial charge in [-0.3, -0.25) is 4.79 Å². The van der Waals surface area contributed by atoms with Crippen molar-refractivity contribution in [2.24, 2.45) is 0 Å². The van der Waals surface area contributed by atoms with Gasteiger partial charge in [-0.05, 0) is 42.9 Å². The zero-order valence-corrected chi connectivity index (χ0v) is 17.2. The average molecular weight is 402 g/mol. The summed E-state index contributed by atoms with van der Waals surface area (Å²) in [6.45, 7) is 4.01. The Morgan fingerprint density at radius 3 is 2.50 bits per heavy atom. The molecule has 0 bridgehead atoms. The molecule has 0 saturated carbocycles. The van der Waals surface area contributed by atoms with Crippen molar-refractivity contribution in [1.82, 2.24) is 10.2 Å². The molecule has 0 aliphatic carbocycles. The Morgan fingerprint density at radius 2 is 1.81 bits per heavy atom. The summed E-state index contributed by atoms with van der Waals surface area (Å²) in [6, 6.07) is 15.8. The van der Waals surface area contributed by atoms with Gasteiger partial charge in [-0.1, -0.05) is 77.3 Å². The van der Waals surface area contributed by atoms with Crippen molar-refractivity contribution >= 4 is 46.5 Å². The first-order chi connectivity index (χ1) is 12.6. The van der Waals surface area contributed by atoms with E-state index in [2.05, 4.69) is 15.5 Å². The highest BCUT2D eigenvalue weighted by atomic mass is 32.2. The standard InChI is InChI=1S/C19H19N3OS3/c1-12-9-10-13(2)15(11-12)20-17(23)16(14-7-5-4-6-8-14)25-19-22-21-18(24-3)26-19/h4-11,16H,1-3H3,(H,20,23)/t16-/m1/s1. The fraction of sp³-hybridized carbons (Fsp3) is 0.211. The van der Waals surface area contributed by atoms with Gasteiger partial charge < -0.3 is 5.32 Å². The van der Waals surface area contributed by atoms with Gasteiger partial charge in [-0.25, -0.2) is 0 Å². The number of amides is 1. The molecule has 1 aromatic heterocycles. The van der Waals surface area contributed by atoms with Crippen molar-refractivity contribution in [3.05, 3.63) is 65.2 Å². The number of hydrogen-bond donors (Lipinski definition) is 1. The van der Waals surface area contributed by atoms with Crippen LogP contribution in [0.1, 0.15) is 21.9 Å². The van der Waals surface area contributed by atoms with Gasteiger partial charge in [-0.2, -0.15) is 0 Å². The molecule has 134 valence electrons. The van der Waals surface area contributed by atoms with Crippen LogP contribution in [0.25, 0.3) is 0 Å². The smallest absolute Gasteiger partial charge is 0.242 e. The lowest BCUT2D eigenvalue weighted by molar-refractivity contribution is -0.115. The van der Waals surface area contributed by atoms with Crippen molar-refractivity contribution in [2.75, 3.05) is 11.6 Å². The highest BCUT2D eigenvalue weighted by Crippen LogP contribution is 2.39. The van der Waals surface area contributed by atoms with Crippen molar-refractivity contribution in [2.45, 2.75) is 27.8 Å². The fourth-order valence-electron chi connectivity index (χ4n) is 2.40. The number of carbonyl (C=O) groups excluding carboxylic acids is 1. The normalized spacial score (nSPS) is 12.0. The summed E-state index contributed by atoms with van der Waals surface area (Å²) < 4.78 is 1.69. The molecule has 0 spiro atoms. The quantitative estimate of drug-likeness (QED) is 0.564. The predicted octanol–water partition coefficient (Wildman–Crippen LogP) is 5.35. The van der Waals surface area contributed by atoms with E-state index in [1.165, 1.54) is 23.1 Å². The van der Waals surface area contributed by atoms with E-state index < -0.39 is 5.25 Å². The molecular weight excluding hydrogens is 382 g/mol. The Kier molecular flexibility index (Phi) is 6.34. The van der Waals surface area contributed by atoms with E-state index in [1.54, 1.807) is 11.8 Å². The average Bonchev–Trinajstić information content (AvgIpc) is 3.11. The van der Waals surface area contributed by atoms with Crippen molar-refractivity contribution in [1.29, 1.82) is 0 Å². The number of aryl methyl sites for hydroxylation is 2. The first kappa shape index (κ1) is 18.9. The third-order valence-electron chi connectivity index (χ3n) is 3.77. The van der Waals surface area contributed by atoms with E-state index >= 15 is 0 Å². The van der Waals surface area contributed by atoms with Crippen LogP contribution in [0.15, 0.2) is 57.2 Å². The third-order valence-corrected chi connectivity index (χ3v) is 7.01. The van der Waals surface area contributed by atoms with Gasteiger partial charge in [0.2, 0.25) is 5.91 Å². The molecule has 1 amide bonds. The molecule has 2 aromatic carbocycles. The minimum atomic E-state index is -0.390. The van der Waals surface area contributed by atoms with E-state index in [0.717, 1.165) is 31.1 Å². The largest absolute Gasteiger partial charge is 0.325 e. The first-order valence-electron chi connectivity index (χ1n) is 8.04. The van der Waals surface area contributed by atoms with Gasteiger partial charge >= 0.3 is 0 Å². The second kappa shape index (κ2) is 8.70. The summed E-state index contributed by atoms with van der Waals surface area (Å²) in [5, 5.41) is 11.0. The molecule has 0 aliphatic heterocycles. The number of nitrogens with zero attached hydrogens (tertiary/aromatic N) is 2. The predicted molar refractivity (Wildman–Crippen MR) is 111 cm³/mol. The van der Waals surface area contributed by atoms with Crippen LogP contribution in [0.2, 0.25) is 0 Å². The first-order valence-corrected chi connectivity index (χ1v) is 11.0. The monoisotopic (exact) mass is 401 g/mol. The second-order valence-corrected chi connectivity index (χ2v) is 9.14. The molecule has 3 rings (SSSR count). The molecule has 0 unspecified atom stereocenters. The molecule has 0 aliphatic rings. The van der Waals surface area contributed by atoms with E-state index in [-0.39, 0.29) is 5.91 Å². The van der Waals surface area contributed by atoms with E-state index in [0.29, 0.717) is 0 Å². The molecule has 7 heteroatoms. The van der Waals surface area contributed by atoms with E-state index in [1.807, 2.05) is 68.6 Å². The lowest BCUT2D eigenvalue weighted by Gasteiger charge is -2.17. The maximum absolute atomic E-state index is 13.1. The van der Waals surface area contributed by atoms with Gasteiger partial charge in [0.15, 0.2) is 8.68 Å². The molecule has 3 aromatic rings. The van der Waals surface area contributed by atoms with Gasteiger partial charge in [0.05, 0.1) is 0 Å². The number of thioether (sulfide) groups is 2. The summed E-state index contributed by atoms with van der Waals surface area (Å²) in [5.74, 6) is -0.0594. The Bertz CT molecular complexity index is 896. The van der Waals surface area contributed by atoms with Crippen molar-refractivity contribution < 1.29 is 4.79 Å². The number of hydrogen-bond acceptors (Lipinski definition) is 6. The molecule has 0 fully saturated rings. The fourth-order valence-corrected chi connectivity index (χ4v) is 5.03. The number of aromatic nitrogens is 2. The molecule has 1 heterocycles. The molecule has 4 nitrogen and oxygen atoms in total. The number of benzene rings is 2. The van der Waals surface area contributed by atoms with Crippen LogP contribution in [-0.2, 0) is 4.79 Å². The maximum Gasteiger partial charge on any atom is 0.242 e. The maximum atomic E-state index is 13.1. The van der Waals surface area contributed by atoms with Crippen LogP contribution < -0.4 is 5.32 Å². The minimum Gasteiger partial charge on any atom is -0.325 e. The zero-order chi connectivity index (χ0) is 18.5. The van der Waals surface area contributed by atoms with Crippen LogP contribution in [0.4, 0.5) is 5.69 Å². The van der Waals surface area contributed by atoms with Crippen LogP contribution in [0, 0.1) is 13.8 Å². The summed E-state index contributed by atoms with van der Waals surface area (Å²) in [4.78, 5) is 13.1. The SMILES string of the molecule is CSc1nnc(S[C@@H](C(=O)Nc2cc(C)ccc2C)c2ccccc2)s1. The van der Waals surface area contributed by atoms with Crippen LogP contribution in [-0.4, -0.2) is 22.4 Å². The van der Waals surface area contributed by atoms with Crippen LogP contribution in [0.3, 0.4) is 0 Å². The van der Waals surface area contributed by atoms with E-state index in [4.69, 9.17) is 0 Å². The van der Waals surface area contributed by atoms with Gasteiger partial charge in [0.1, 0.15) is 5.25 Å². The minimum absolute atomic E-state index is 0.0594. The molecule has 0 radical (unpaired) electrons. The Morgan fingerprint density at radius 1 is 1.08 bits per heavy atom. The topological polar surface area (TPSA) is 54.9 Å². The highest BCUT2D eigenvalue weighted by molar-refractivity contribution is 8.03. The van der Waals surface area contributed by atoms with Gasteiger partial charge in [0, 0.05) is 5.69 Å². The molecule has 0 saturated heterocycles. The number of rotatable bonds is 6. The summed E-state index contributed by atoms with van der Waals surface area (Å²) in [6.07, 6.45) is 1.97. The molecule has 1 atom stereocenters. The number of anilines is 1. The summed E-state index contributed by atoms with van der Waals surface area (Å²) in [5.41, 5.74) is 3.95. The Balaban J connectivity index is 1.87. The third kappa shape index (κ3) is 4.66. The van der Waals surface area contributed by atoms with Crippen LogP contribution >= 0.6 is 34.9 Å². The second-order valence-electron chi connectivity index (χ2n) is 5.75. The number of nitrogens with one attached hydrogen (secondary N) is 1. The van der Waals surface area contributed by atoms with Crippen molar-refractivity contribution in [3.8, 4) is 0 Å². The van der Waals surface area contributed by atoms with Gasteiger partial charge in [0.25, 0.3) is 0 Å². The van der Waals surface area contributed by atoms with Crippen molar-refractivity contribution in [3.63, 3.8) is 0 Å². The lowest BCUT2D eigenvalue weighted by atomic mass is 10.1. The molecule has 1 N–H and O–H groups in total. The van der Waals surface area contributed by atoms with E-state index in [9.17, 15) is 4.79 Å². The highest BCUT2D eigenvalue weighted by Gasteiger charge is 2.24. The van der Waals surface area contributed by atoms with Crippen LogP contribution in [0.5, 0.6) is 0 Å².